The van der Waals surface area contributed by atoms with Gasteiger partial charge in [-0.1, -0.05) is 49.4 Å². The van der Waals surface area contributed by atoms with Crippen LogP contribution in [0.5, 0.6) is 11.5 Å². The highest BCUT2D eigenvalue weighted by atomic mass is 32.1. The highest BCUT2D eigenvalue weighted by molar-refractivity contribution is 7.80. The molecule has 8 heteroatoms. The van der Waals surface area contributed by atoms with Gasteiger partial charge in [0.05, 0.1) is 6.10 Å². The first-order valence-corrected chi connectivity index (χ1v) is 11.3. The van der Waals surface area contributed by atoms with E-state index >= 15 is 0 Å². The van der Waals surface area contributed by atoms with Crippen molar-refractivity contribution < 1.29 is 19.1 Å². The summed E-state index contributed by atoms with van der Waals surface area (Å²) in [5.41, 5.74) is 7.45. The Balaban J connectivity index is 1.39. The highest BCUT2D eigenvalue weighted by Crippen LogP contribution is 2.22. The Morgan fingerprint density at radius 2 is 1.47 bits per heavy atom. The molecule has 0 bridgehead atoms. The Hall–Kier alpha value is -3.91. The van der Waals surface area contributed by atoms with Gasteiger partial charge in [-0.25, -0.2) is 0 Å². The predicted molar refractivity (Wildman–Crippen MR) is 136 cm³/mol. The lowest BCUT2D eigenvalue weighted by atomic mass is 10.1. The van der Waals surface area contributed by atoms with Gasteiger partial charge >= 0.3 is 0 Å². The molecule has 1 unspecified atom stereocenters. The van der Waals surface area contributed by atoms with E-state index in [-0.39, 0.29) is 17.8 Å². The van der Waals surface area contributed by atoms with E-state index in [2.05, 4.69) is 16.2 Å². The summed E-state index contributed by atoms with van der Waals surface area (Å²) >= 11 is 5.06. The number of nitrogens with one attached hydrogen (secondary N) is 3. The molecule has 7 nitrogen and oxygen atoms in total. The van der Waals surface area contributed by atoms with Crippen molar-refractivity contribution in [2.24, 2.45) is 0 Å². The van der Waals surface area contributed by atoms with Crippen molar-refractivity contribution in [3.63, 3.8) is 0 Å². The van der Waals surface area contributed by atoms with Crippen LogP contribution < -0.4 is 25.6 Å². The second-order valence-corrected chi connectivity index (χ2v) is 7.90. The highest BCUT2D eigenvalue weighted by Gasteiger charge is 2.10. The van der Waals surface area contributed by atoms with Crippen molar-refractivity contribution in [3.05, 3.63) is 84.4 Å². The normalized spacial score (nSPS) is 11.1. The van der Waals surface area contributed by atoms with E-state index in [9.17, 15) is 9.59 Å². The molecule has 0 aliphatic carbocycles. The summed E-state index contributed by atoms with van der Waals surface area (Å²) in [5.74, 6) is 0.395. The second-order valence-electron chi connectivity index (χ2n) is 7.50. The molecule has 0 fully saturated rings. The molecule has 0 spiro atoms. The van der Waals surface area contributed by atoms with Crippen LogP contribution in [-0.4, -0.2) is 29.6 Å². The summed E-state index contributed by atoms with van der Waals surface area (Å²) in [6.45, 7) is 3.80. The molecule has 3 aromatic rings. The Morgan fingerprint density at radius 1 is 0.853 bits per heavy atom. The van der Waals surface area contributed by atoms with E-state index < -0.39 is 11.8 Å². The van der Waals surface area contributed by atoms with Gasteiger partial charge in [-0.3, -0.25) is 25.8 Å². The first-order valence-electron chi connectivity index (χ1n) is 10.9. The van der Waals surface area contributed by atoms with Crippen LogP contribution in [0.2, 0.25) is 0 Å². The molecular formula is C26H27N3O4S. The van der Waals surface area contributed by atoms with Crippen molar-refractivity contribution in [1.29, 1.82) is 0 Å². The summed E-state index contributed by atoms with van der Waals surface area (Å²) < 4.78 is 11.2. The summed E-state index contributed by atoms with van der Waals surface area (Å²) in [7, 11) is 0. The Bertz CT molecular complexity index is 1100. The summed E-state index contributed by atoms with van der Waals surface area (Å²) in [4.78, 5) is 24.3. The maximum absolute atomic E-state index is 12.3. The second kappa shape index (κ2) is 12.4. The maximum Gasteiger partial charge on any atom is 0.276 e. The zero-order valence-electron chi connectivity index (χ0n) is 19.0. The van der Waals surface area contributed by atoms with Crippen LogP contribution in [0.4, 0.5) is 0 Å². The number of hydrogen-bond acceptors (Lipinski definition) is 5. The van der Waals surface area contributed by atoms with Crippen LogP contribution >= 0.6 is 12.2 Å². The minimum atomic E-state index is -0.449. The molecule has 0 aliphatic heterocycles. The Labute approximate surface area is 204 Å². The fraction of sp³-hybridized carbons (Fsp3) is 0.192. The number of carbonyl (C=O) groups is 2. The molecule has 0 aromatic heterocycles. The third kappa shape index (κ3) is 7.60. The molecule has 1 atom stereocenters. The van der Waals surface area contributed by atoms with E-state index in [0.29, 0.717) is 17.1 Å². The van der Waals surface area contributed by atoms with Gasteiger partial charge in [0.2, 0.25) is 0 Å². The molecule has 0 saturated heterocycles. The lowest BCUT2D eigenvalue weighted by Gasteiger charge is -2.13. The number of amides is 2. The maximum atomic E-state index is 12.3. The summed E-state index contributed by atoms with van der Waals surface area (Å²) in [5, 5.41) is 2.47. The Morgan fingerprint density at radius 3 is 2.12 bits per heavy atom. The number of benzene rings is 3. The van der Waals surface area contributed by atoms with E-state index in [4.69, 9.17) is 21.7 Å². The van der Waals surface area contributed by atoms with Crippen LogP contribution in [0.3, 0.4) is 0 Å². The topological polar surface area (TPSA) is 88.7 Å². The van der Waals surface area contributed by atoms with E-state index in [1.54, 1.807) is 36.4 Å². The fourth-order valence-corrected chi connectivity index (χ4v) is 3.04. The molecule has 3 N–H and O–H groups in total. The largest absolute Gasteiger partial charge is 0.491 e. The SMILES string of the molecule is CCC(C)Oc1ccc(C(=O)NC(=S)NNC(=O)COc2ccc(-c3ccccc3)cc2)cc1. The van der Waals surface area contributed by atoms with Crippen LogP contribution in [0.15, 0.2) is 78.9 Å². The first-order chi connectivity index (χ1) is 16.4. The molecule has 0 saturated carbocycles. The standard InChI is InChI=1S/C26H27N3O4S/c1-3-18(2)33-23-15-11-21(12-16-23)25(31)27-26(34)29-28-24(30)17-32-22-13-9-20(10-14-22)19-7-5-4-6-8-19/h4-16,18H,3,17H2,1-2H3,(H,28,30)(H2,27,29,31,34). The number of hydrogen-bond donors (Lipinski definition) is 3. The molecule has 2 amide bonds. The van der Waals surface area contributed by atoms with Crippen LogP contribution in [0.25, 0.3) is 11.1 Å². The smallest absolute Gasteiger partial charge is 0.276 e. The molecule has 0 aliphatic rings. The Kier molecular flexibility index (Phi) is 8.99. The van der Waals surface area contributed by atoms with E-state index in [1.165, 1.54) is 0 Å². The van der Waals surface area contributed by atoms with Crippen molar-refractivity contribution in [2.45, 2.75) is 26.4 Å². The average molecular weight is 478 g/mol. The molecule has 0 heterocycles. The van der Waals surface area contributed by atoms with Crippen molar-refractivity contribution in [2.75, 3.05) is 6.61 Å². The van der Waals surface area contributed by atoms with Crippen LogP contribution in [0.1, 0.15) is 30.6 Å². The number of rotatable bonds is 8. The van der Waals surface area contributed by atoms with Crippen molar-refractivity contribution in [1.82, 2.24) is 16.2 Å². The third-order valence-corrected chi connectivity index (χ3v) is 5.11. The van der Waals surface area contributed by atoms with Gasteiger partial charge < -0.3 is 9.47 Å². The fourth-order valence-electron chi connectivity index (χ4n) is 2.89. The van der Waals surface area contributed by atoms with Crippen LogP contribution in [0, 0.1) is 0 Å². The van der Waals surface area contributed by atoms with Gasteiger partial charge in [-0.05, 0) is 73.1 Å². The predicted octanol–water partition coefficient (Wildman–Crippen LogP) is 4.25. The molecule has 176 valence electrons. The van der Waals surface area contributed by atoms with Gasteiger partial charge in [-0.2, -0.15) is 0 Å². The number of carbonyl (C=O) groups excluding carboxylic acids is 2. The minimum absolute atomic E-state index is 0.0366. The lowest BCUT2D eigenvalue weighted by Crippen LogP contribution is -2.49. The van der Waals surface area contributed by atoms with Crippen molar-refractivity contribution >= 4 is 29.1 Å². The van der Waals surface area contributed by atoms with Crippen molar-refractivity contribution in [3.8, 4) is 22.6 Å². The number of hydrazine groups is 1. The molecular weight excluding hydrogens is 450 g/mol. The van der Waals surface area contributed by atoms with Gasteiger partial charge in [0.15, 0.2) is 11.7 Å². The third-order valence-electron chi connectivity index (χ3n) is 4.90. The molecule has 3 rings (SSSR count). The van der Waals surface area contributed by atoms with Crippen LogP contribution in [-0.2, 0) is 4.79 Å². The lowest BCUT2D eigenvalue weighted by molar-refractivity contribution is -0.123. The number of ether oxygens (including phenoxy) is 2. The molecule has 34 heavy (non-hydrogen) atoms. The van der Waals surface area contributed by atoms with Gasteiger partial charge in [0.1, 0.15) is 11.5 Å². The van der Waals surface area contributed by atoms with Gasteiger partial charge in [0.25, 0.3) is 11.8 Å². The molecule has 3 aromatic carbocycles. The first kappa shape index (κ1) is 24.7. The zero-order chi connectivity index (χ0) is 24.3. The summed E-state index contributed by atoms with van der Waals surface area (Å²) in [6.07, 6.45) is 0.983. The van der Waals surface area contributed by atoms with E-state index in [1.807, 2.05) is 56.3 Å². The van der Waals surface area contributed by atoms with E-state index in [0.717, 1.165) is 17.5 Å². The molecule has 0 radical (unpaired) electrons. The summed E-state index contributed by atoms with van der Waals surface area (Å²) in [6, 6.07) is 24.1. The average Bonchev–Trinajstić information content (AvgIpc) is 2.87. The zero-order valence-corrected chi connectivity index (χ0v) is 19.9. The number of thiocarbonyl (C=S) groups is 1. The minimum Gasteiger partial charge on any atom is -0.491 e. The quantitative estimate of drug-likeness (QED) is 0.332. The van der Waals surface area contributed by atoms with Gasteiger partial charge in [0, 0.05) is 5.56 Å². The monoisotopic (exact) mass is 477 g/mol. The van der Waals surface area contributed by atoms with Gasteiger partial charge in [-0.15, -0.1) is 0 Å².